The molecule has 66 valence electrons. The molecule has 11 heavy (non-hydrogen) atoms. The van der Waals surface area contributed by atoms with Gasteiger partial charge in [-0.1, -0.05) is 0 Å². The summed E-state index contributed by atoms with van der Waals surface area (Å²) < 4.78 is 0. The lowest BCUT2D eigenvalue weighted by Crippen LogP contribution is -2.28. The maximum Gasteiger partial charge on any atom is 0.0944 e. The molecule has 0 saturated carbocycles. The second kappa shape index (κ2) is 6.00. The smallest absolute Gasteiger partial charge is 0.0944 e. The van der Waals surface area contributed by atoms with Gasteiger partial charge in [-0.3, -0.25) is 0 Å². The monoisotopic (exact) mass is 160 g/mol. The molecule has 0 aliphatic heterocycles. The number of aliphatic hydroxyl groups excluding tert-OH is 2. The molecule has 1 unspecified atom stereocenters. The van der Waals surface area contributed by atoms with Crippen molar-refractivity contribution in [2.24, 2.45) is 0 Å². The summed E-state index contributed by atoms with van der Waals surface area (Å²) in [5.74, 6) is 0. The summed E-state index contributed by atoms with van der Waals surface area (Å²) in [5.41, 5.74) is 0. The molecule has 0 aromatic heterocycles. The van der Waals surface area contributed by atoms with E-state index in [9.17, 15) is 0 Å². The zero-order valence-electron chi connectivity index (χ0n) is 6.99. The largest absolute Gasteiger partial charge is 0.394 e. The Bertz CT molecular complexity index is 117. The Hall–Kier alpha value is -0.740. The predicted octanol–water partition coefficient (Wildman–Crippen LogP) is -1.04. The van der Waals surface area contributed by atoms with Crippen LogP contribution >= 0.6 is 0 Å². The van der Waals surface area contributed by atoms with Gasteiger partial charge in [-0.25, -0.2) is 0 Å². The van der Waals surface area contributed by atoms with Crippen LogP contribution in [-0.4, -0.2) is 48.5 Å². The molecule has 0 saturated heterocycles. The molecule has 0 aromatic rings. The van der Waals surface area contributed by atoms with Gasteiger partial charge >= 0.3 is 0 Å². The molecule has 0 amide bonds. The molecule has 0 fully saturated rings. The molecule has 0 rings (SSSR count). The molecule has 0 radical (unpaired) electrons. The highest BCUT2D eigenvalue weighted by atomic mass is 16.3. The van der Waals surface area contributed by atoms with Gasteiger partial charge in [-0.15, -0.1) is 0 Å². The normalized spacial score (nSPS) is 13.5. The number of hydrogen-bond donors (Lipinski definition) is 3. The number of hydrogen-bond acceptors (Lipinski definition) is 4. The van der Waals surface area contributed by atoms with Gasteiger partial charge in [-0.05, 0) is 0 Å². The molecule has 1 atom stereocenters. The molecular formula is C7H16N2O2. The van der Waals surface area contributed by atoms with Gasteiger partial charge in [-0.2, -0.15) is 0 Å². The lowest BCUT2D eigenvalue weighted by molar-refractivity contribution is 0.0768. The van der Waals surface area contributed by atoms with E-state index in [0.717, 1.165) is 0 Å². The van der Waals surface area contributed by atoms with Crippen LogP contribution < -0.4 is 5.32 Å². The van der Waals surface area contributed by atoms with Crippen LogP contribution in [0.15, 0.2) is 12.4 Å². The number of rotatable bonds is 5. The van der Waals surface area contributed by atoms with Crippen LogP contribution in [0.25, 0.3) is 0 Å². The van der Waals surface area contributed by atoms with E-state index in [2.05, 4.69) is 5.32 Å². The summed E-state index contributed by atoms with van der Waals surface area (Å²) in [6.07, 6.45) is 2.88. The van der Waals surface area contributed by atoms with Gasteiger partial charge in [0.1, 0.15) is 0 Å². The first-order valence-electron chi connectivity index (χ1n) is 3.53. The van der Waals surface area contributed by atoms with E-state index in [-0.39, 0.29) is 6.61 Å². The van der Waals surface area contributed by atoms with Crippen molar-refractivity contribution in [2.75, 3.05) is 27.2 Å². The van der Waals surface area contributed by atoms with Crippen LogP contribution in [0.5, 0.6) is 0 Å². The van der Waals surface area contributed by atoms with Crippen molar-refractivity contribution in [2.45, 2.75) is 6.10 Å². The lowest BCUT2D eigenvalue weighted by atomic mass is 10.3. The van der Waals surface area contributed by atoms with E-state index in [4.69, 9.17) is 10.2 Å². The Labute approximate surface area is 67.1 Å². The highest BCUT2D eigenvalue weighted by molar-refractivity contribution is 4.78. The van der Waals surface area contributed by atoms with Crippen LogP contribution in [0.2, 0.25) is 0 Å². The Morgan fingerprint density at radius 3 is 2.73 bits per heavy atom. The summed E-state index contributed by atoms with van der Waals surface area (Å²) >= 11 is 0. The molecule has 0 heterocycles. The summed E-state index contributed by atoms with van der Waals surface area (Å²) in [7, 11) is 3.62. The summed E-state index contributed by atoms with van der Waals surface area (Å²) in [5, 5.41) is 20.3. The van der Waals surface area contributed by atoms with Crippen LogP contribution in [0.3, 0.4) is 0 Å². The fourth-order valence-corrected chi connectivity index (χ4v) is 0.653. The second-order valence-corrected chi connectivity index (χ2v) is 2.38. The first-order valence-corrected chi connectivity index (χ1v) is 3.53. The summed E-state index contributed by atoms with van der Waals surface area (Å²) in [6.45, 7) is 0.242. The van der Waals surface area contributed by atoms with Crippen molar-refractivity contribution >= 4 is 0 Å². The molecule has 0 aromatic carbocycles. The van der Waals surface area contributed by atoms with E-state index in [1.54, 1.807) is 24.3 Å². The van der Waals surface area contributed by atoms with E-state index in [1.807, 2.05) is 7.05 Å². The Morgan fingerprint density at radius 1 is 1.64 bits per heavy atom. The third-order valence-electron chi connectivity index (χ3n) is 1.21. The number of likely N-dealkylation sites (N-methyl/N-ethyl adjacent to an activating group) is 1. The molecule has 0 aliphatic carbocycles. The van der Waals surface area contributed by atoms with Crippen molar-refractivity contribution in [3.05, 3.63) is 12.4 Å². The van der Waals surface area contributed by atoms with Crippen molar-refractivity contribution in [3.63, 3.8) is 0 Å². The van der Waals surface area contributed by atoms with E-state index in [0.29, 0.717) is 6.54 Å². The average molecular weight is 160 g/mol. The van der Waals surface area contributed by atoms with E-state index < -0.39 is 6.10 Å². The van der Waals surface area contributed by atoms with Gasteiger partial charge < -0.3 is 20.4 Å². The van der Waals surface area contributed by atoms with Crippen LogP contribution in [-0.2, 0) is 0 Å². The Balaban J connectivity index is 3.50. The topological polar surface area (TPSA) is 55.7 Å². The van der Waals surface area contributed by atoms with Crippen molar-refractivity contribution in [3.8, 4) is 0 Å². The van der Waals surface area contributed by atoms with E-state index in [1.165, 1.54) is 0 Å². The minimum atomic E-state index is -0.665. The maximum atomic E-state index is 8.98. The lowest BCUT2D eigenvalue weighted by Gasteiger charge is -2.16. The second-order valence-electron chi connectivity index (χ2n) is 2.38. The van der Waals surface area contributed by atoms with Crippen molar-refractivity contribution < 1.29 is 10.2 Å². The SMILES string of the molecule is CN/C=C\N(C)CC(O)CO. The Kier molecular flexibility index (Phi) is 5.60. The fourth-order valence-electron chi connectivity index (χ4n) is 0.653. The minimum absolute atomic E-state index is 0.197. The maximum absolute atomic E-state index is 8.98. The molecule has 0 bridgehead atoms. The van der Waals surface area contributed by atoms with Crippen LogP contribution in [0.1, 0.15) is 0 Å². The predicted molar refractivity (Wildman–Crippen MR) is 43.9 cm³/mol. The Morgan fingerprint density at radius 2 is 2.27 bits per heavy atom. The van der Waals surface area contributed by atoms with Gasteiger partial charge in [0.25, 0.3) is 0 Å². The summed E-state index contributed by atoms with van der Waals surface area (Å²) in [4.78, 5) is 1.79. The number of aliphatic hydroxyl groups is 2. The van der Waals surface area contributed by atoms with Gasteiger partial charge in [0, 0.05) is 33.0 Å². The first kappa shape index (κ1) is 10.3. The van der Waals surface area contributed by atoms with Crippen molar-refractivity contribution in [1.82, 2.24) is 10.2 Å². The average Bonchev–Trinajstić information content (AvgIpc) is 2.00. The number of nitrogens with one attached hydrogen (secondary N) is 1. The zero-order chi connectivity index (χ0) is 8.69. The van der Waals surface area contributed by atoms with Gasteiger partial charge in [0.05, 0.1) is 12.7 Å². The summed E-state index contributed by atoms with van der Waals surface area (Å²) in [6, 6.07) is 0. The first-order chi connectivity index (χ1) is 5.20. The molecule has 0 spiro atoms. The third kappa shape index (κ3) is 5.69. The molecule has 3 N–H and O–H groups in total. The van der Waals surface area contributed by atoms with Crippen LogP contribution in [0, 0.1) is 0 Å². The molecule has 0 aliphatic rings. The van der Waals surface area contributed by atoms with Gasteiger partial charge in [0.15, 0.2) is 0 Å². The number of nitrogens with zero attached hydrogens (tertiary/aromatic N) is 1. The zero-order valence-corrected chi connectivity index (χ0v) is 6.99. The highest BCUT2D eigenvalue weighted by Gasteiger charge is 2.02. The third-order valence-corrected chi connectivity index (χ3v) is 1.21. The fraction of sp³-hybridized carbons (Fsp3) is 0.714. The standard InChI is InChI=1S/C7H16N2O2/c1-8-3-4-9(2)5-7(11)6-10/h3-4,7-8,10-11H,5-6H2,1-2H3/b4-3-. The van der Waals surface area contributed by atoms with E-state index >= 15 is 0 Å². The van der Waals surface area contributed by atoms with Gasteiger partial charge in [0.2, 0.25) is 0 Å². The van der Waals surface area contributed by atoms with Crippen molar-refractivity contribution in [1.29, 1.82) is 0 Å². The minimum Gasteiger partial charge on any atom is -0.394 e. The quantitative estimate of drug-likeness (QED) is 0.481. The molecular weight excluding hydrogens is 144 g/mol. The van der Waals surface area contributed by atoms with Crippen LogP contribution in [0.4, 0.5) is 0 Å². The highest BCUT2D eigenvalue weighted by Crippen LogP contribution is 1.87. The molecule has 4 nitrogen and oxygen atoms in total. The molecule has 4 heteroatoms.